The van der Waals surface area contributed by atoms with Crippen LogP contribution in [0.3, 0.4) is 0 Å². The number of hydrogen-bond donors (Lipinski definition) is 2. The number of nitrogens with one attached hydrogen (secondary N) is 1. The number of nitrogens with zero attached hydrogens (tertiary/aromatic N) is 2. The van der Waals surface area contributed by atoms with E-state index in [1.54, 1.807) is 0 Å². The Hall–Kier alpha value is -2.06. The molecule has 0 fully saturated rings. The highest BCUT2D eigenvalue weighted by atomic mass is 16.1. The summed E-state index contributed by atoms with van der Waals surface area (Å²) in [5.74, 6) is -0.404. The quantitative estimate of drug-likeness (QED) is 0.835. The largest absolute Gasteiger partial charge is 0.368 e. The van der Waals surface area contributed by atoms with Crippen LogP contribution in [0.5, 0.6) is 0 Å². The molecule has 0 aliphatic heterocycles. The molecule has 5 nitrogen and oxygen atoms in total. The minimum absolute atomic E-state index is 0.0207. The molecular formula is C16H24N4O. The molecule has 114 valence electrons. The van der Waals surface area contributed by atoms with Crippen LogP contribution in [0.15, 0.2) is 18.2 Å². The predicted octanol–water partition coefficient (Wildman–Crippen LogP) is 1.76. The van der Waals surface area contributed by atoms with Gasteiger partial charge in [0, 0.05) is 18.6 Å². The molecule has 1 amide bonds. The van der Waals surface area contributed by atoms with E-state index >= 15 is 0 Å². The average molecular weight is 288 g/mol. The maximum Gasteiger partial charge on any atom is 0.236 e. The maximum absolute atomic E-state index is 11.1. The first-order valence-electron chi connectivity index (χ1n) is 7.08. The fraction of sp³-hybridized carbons (Fsp3) is 0.500. The summed E-state index contributed by atoms with van der Waals surface area (Å²) in [5, 5.41) is 12.7. The van der Waals surface area contributed by atoms with Crippen LogP contribution in [-0.4, -0.2) is 24.5 Å². The second kappa shape index (κ2) is 7.09. The molecule has 0 bridgehead atoms. The van der Waals surface area contributed by atoms with E-state index in [1.165, 1.54) is 0 Å². The summed E-state index contributed by atoms with van der Waals surface area (Å²) in [6.07, 6.45) is 0. The number of rotatable bonds is 6. The molecule has 21 heavy (non-hydrogen) atoms. The van der Waals surface area contributed by atoms with Gasteiger partial charge >= 0.3 is 0 Å². The lowest BCUT2D eigenvalue weighted by Gasteiger charge is -2.24. The van der Waals surface area contributed by atoms with Crippen molar-refractivity contribution < 1.29 is 4.79 Å². The normalized spacial score (nSPS) is 11.0. The van der Waals surface area contributed by atoms with Gasteiger partial charge < -0.3 is 16.0 Å². The second-order valence-electron chi connectivity index (χ2n) is 6.05. The fourth-order valence-electron chi connectivity index (χ4n) is 1.98. The third-order valence-electron chi connectivity index (χ3n) is 3.07. The molecule has 0 aromatic heterocycles. The van der Waals surface area contributed by atoms with Crippen molar-refractivity contribution in [2.45, 2.75) is 39.8 Å². The number of carbonyl (C=O) groups excluding carboxylic acids is 1. The topological polar surface area (TPSA) is 82.2 Å². The molecule has 1 aromatic carbocycles. The van der Waals surface area contributed by atoms with Crippen LogP contribution in [-0.2, 0) is 11.3 Å². The molecule has 1 aromatic rings. The van der Waals surface area contributed by atoms with Crippen LogP contribution >= 0.6 is 0 Å². The van der Waals surface area contributed by atoms with Gasteiger partial charge in [-0.15, -0.1) is 0 Å². The van der Waals surface area contributed by atoms with Gasteiger partial charge in [0.05, 0.1) is 17.8 Å². The van der Waals surface area contributed by atoms with E-state index in [0.29, 0.717) is 18.7 Å². The van der Waals surface area contributed by atoms with Crippen LogP contribution in [0.1, 0.15) is 38.8 Å². The Balaban J connectivity index is 2.98. The molecule has 0 radical (unpaired) electrons. The van der Waals surface area contributed by atoms with Crippen molar-refractivity contribution in [3.8, 4) is 6.07 Å². The average Bonchev–Trinajstić information content (AvgIpc) is 2.41. The molecular weight excluding hydrogens is 264 g/mol. The first-order chi connectivity index (χ1) is 9.76. The molecule has 0 unspecified atom stereocenters. The summed E-state index contributed by atoms with van der Waals surface area (Å²) >= 11 is 0. The Kier molecular flexibility index (Phi) is 5.74. The van der Waals surface area contributed by atoms with Gasteiger partial charge in [-0.2, -0.15) is 5.26 Å². The molecule has 1 rings (SSSR count). The Morgan fingerprint density at radius 1 is 1.43 bits per heavy atom. The number of carbonyl (C=O) groups is 1. The van der Waals surface area contributed by atoms with Gasteiger partial charge in [-0.25, -0.2) is 0 Å². The van der Waals surface area contributed by atoms with Crippen molar-refractivity contribution in [2.75, 3.05) is 18.0 Å². The van der Waals surface area contributed by atoms with Crippen LogP contribution in [0.25, 0.3) is 0 Å². The highest BCUT2D eigenvalue weighted by molar-refractivity contribution is 5.80. The summed E-state index contributed by atoms with van der Waals surface area (Å²) in [5.41, 5.74) is 7.62. The first-order valence-corrected chi connectivity index (χ1v) is 7.08. The van der Waals surface area contributed by atoms with Crippen molar-refractivity contribution >= 4 is 11.6 Å². The minimum atomic E-state index is -0.404. The van der Waals surface area contributed by atoms with Crippen LogP contribution in [0.4, 0.5) is 5.69 Å². The number of likely N-dealkylation sites (N-methyl/N-ethyl adjacent to an activating group) is 1. The fourth-order valence-corrected chi connectivity index (χ4v) is 1.98. The van der Waals surface area contributed by atoms with E-state index in [2.05, 4.69) is 32.2 Å². The third-order valence-corrected chi connectivity index (χ3v) is 3.07. The van der Waals surface area contributed by atoms with Gasteiger partial charge in [0.1, 0.15) is 6.07 Å². The number of primary amides is 1. The van der Waals surface area contributed by atoms with Crippen LogP contribution in [0.2, 0.25) is 0 Å². The molecule has 0 heterocycles. The molecule has 3 N–H and O–H groups in total. The maximum atomic E-state index is 11.1. The Morgan fingerprint density at radius 3 is 2.57 bits per heavy atom. The predicted molar refractivity (Wildman–Crippen MR) is 84.8 cm³/mol. The summed E-state index contributed by atoms with van der Waals surface area (Å²) in [6, 6.07) is 7.91. The standard InChI is InChI=1S/C16H24N4O/c1-5-20(11-15(18)21)14-7-6-12(8-13(14)9-17)10-19-16(2,3)4/h6-8,19H,5,10-11H2,1-4H3,(H2,18,21). The molecule has 0 atom stereocenters. The lowest BCUT2D eigenvalue weighted by Crippen LogP contribution is -2.35. The van der Waals surface area contributed by atoms with Gasteiger partial charge in [-0.05, 0) is 45.4 Å². The van der Waals surface area contributed by atoms with Gasteiger partial charge in [0.15, 0.2) is 0 Å². The monoisotopic (exact) mass is 288 g/mol. The first kappa shape index (κ1) is 17.0. The summed E-state index contributed by atoms with van der Waals surface area (Å²) in [4.78, 5) is 12.9. The van der Waals surface area contributed by atoms with Crippen LogP contribution in [0, 0.1) is 11.3 Å². The molecule has 5 heteroatoms. The van der Waals surface area contributed by atoms with Crippen molar-refractivity contribution in [1.29, 1.82) is 5.26 Å². The molecule has 0 spiro atoms. The SMILES string of the molecule is CCN(CC(N)=O)c1ccc(CNC(C)(C)C)cc1C#N. The molecule has 0 aliphatic rings. The number of nitriles is 1. The van der Waals surface area contributed by atoms with Gasteiger partial charge in [-0.3, -0.25) is 4.79 Å². The van der Waals surface area contributed by atoms with Crippen molar-refractivity contribution in [3.63, 3.8) is 0 Å². The smallest absolute Gasteiger partial charge is 0.236 e. The van der Waals surface area contributed by atoms with Crippen molar-refractivity contribution in [2.24, 2.45) is 5.73 Å². The van der Waals surface area contributed by atoms with E-state index in [0.717, 1.165) is 11.3 Å². The summed E-state index contributed by atoms with van der Waals surface area (Å²) in [7, 11) is 0. The van der Waals surface area contributed by atoms with Gasteiger partial charge in [0.25, 0.3) is 0 Å². The highest BCUT2D eigenvalue weighted by Gasteiger charge is 2.14. The van der Waals surface area contributed by atoms with E-state index in [9.17, 15) is 10.1 Å². The second-order valence-corrected chi connectivity index (χ2v) is 6.05. The van der Waals surface area contributed by atoms with E-state index in [-0.39, 0.29) is 12.1 Å². The molecule has 0 saturated heterocycles. The van der Waals surface area contributed by atoms with Crippen LogP contribution < -0.4 is 16.0 Å². The number of benzene rings is 1. The lowest BCUT2D eigenvalue weighted by atomic mass is 10.1. The number of nitrogens with two attached hydrogens (primary N) is 1. The van der Waals surface area contributed by atoms with E-state index in [4.69, 9.17) is 5.73 Å². The van der Waals surface area contributed by atoms with Gasteiger partial charge in [0.2, 0.25) is 5.91 Å². The Bertz CT molecular complexity index is 540. The minimum Gasteiger partial charge on any atom is -0.368 e. The van der Waals surface area contributed by atoms with E-state index < -0.39 is 5.91 Å². The highest BCUT2D eigenvalue weighted by Crippen LogP contribution is 2.21. The lowest BCUT2D eigenvalue weighted by molar-refractivity contribution is -0.116. The number of hydrogen-bond acceptors (Lipinski definition) is 4. The Labute approximate surface area is 126 Å². The summed E-state index contributed by atoms with van der Waals surface area (Å²) < 4.78 is 0. The van der Waals surface area contributed by atoms with Gasteiger partial charge in [-0.1, -0.05) is 6.07 Å². The van der Waals surface area contributed by atoms with E-state index in [1.807, 2.05) is 30.0 Å². The number of anilines is 1. The Morgan fingerprint density at radius 2 is 2.10 bits per heavy atom. The molecule has 0 saturated carbocycles. The summed E-state index contributed by atoms with van der Waals surface area (Å²) in [6.45, 7) is 9.65. The zero-order chi connectivity index (χ0) is 16.0. The van der Waals surface area contributed by atoms with Crippen molar-refractivity contribution in [3.05, 3.63) is 29.3 Å². The zero-order valence-electron chi connectivity index (χ0n) is 13.2. The third kappa shape index (κ3) is 5.44. The zero-order valence-corrected chi connectivity index (χ0v) is 13.2. The molecule has 0 aliphatic carbocycles. The van der Waals surface area contributed by atoms with Crippen molar-refractivity contribution in [1.82, 2.24) is 5.32 Å². The number of amides is 1.